The summed E-state index contributed by atoms with van der Waals surface area (Å²) >= 11 is 3.55. The molecule has 0 heterocycles. The molecule has 1 aliphatic rings. The van der Waals surface area contributed by atoms with Crippen LogP contribution in [0.15, 0.2) is 22.7 Å². The molecule has 2 rings (SSSR count). The van der Waals surface area contributed by atoms with Crippen LogP contribution in [0.4, 0.5) is 0 Å². The molecule has 0 spiro atoms. The molecule has 0 bridgehead atoms. The normalized spacial score (nSPS) is 23.1. The average Bonchev–Trinajstić information content (AvgIpc) is 2.41. The third kappa shape index (κ3) is 4.78. The molecule has 0 saturated heterocycles. The van der Waals surface area contributed by atoms with Crippen LogP contribution in [0, 0.1) is 5.92 Å². The Kier molecular flexibility index (Phi) is 5.91. The van der Waals surface area contributed by atoms with E-state index >= 15 is 0 Å². The van der Waals surface area contributed by atoms with E-state index in [-0.39, 0.29) is 0 Å². The molecular weight excluding hydrogens is 314 g/mol. The van der Waals surface area contributed by atoms with Crippen molar-refractivity contribution in [3.05, 3.63) is 28.2 Å². The Morgan fingerprint density at radius 2 is 1.95 bits per heavy atom. The third-order valence-corrected chi connectivity index (χ3v) is 4.47. The first-order valence-corrected chi connectivity index (χ1v) is 8.52. The molecule has 0 radical (unpaired) electrons. The fourth-order valence-corrected chi connectivity index (χ4v) is 3.05. The smallest absolute Gasteiger partial charge is 0.124 e. The maximum atomic E-state index is 6.26. The van der Waals surface area contributed by atoms with Crippen molar-refractivity contribution in [2.75, 3.05) is 0 Å². The van der Waals surface area contributed by atoms with Gasteiger partial charge in [-0.1, -0.05) is 36.7 Å². The molecule has 0 amide bonds. The Hall–Kier alpha value is -0.540. The van der Waals surface area contributed by atoms with Gasteiger partial charge in [0.2, 0.25) is 0 Å². The van der Waals surface area contributed by atoms with Crippen molar-refractivity contribution in [3.63, 3.8) is 0 Å². The maximum Gasteiger partial charge on any atom is 0.124 e. The van der Waals surface area contributed by atoms with Gasteiger partial charge < -0.3 is 10.1 Å². The minimum atomic E-state index is 0.394. The largest absolute Gasteiger partial charge is 0.490 e. The van der Waals surface area contributed by atoms with Crippen LogP contribution in [0.5, 0.6) is 5.75 Å². The number of hydrogen-bond acceptors (Lipinski definition) is 2. The van der Waals surface area contributed by atoms with Crippen molar-refractivity contribution >= 4 is 15.9 Å². The molecule has 20 heavy (non-hydrogen) atoms. The predicted octanol–water partition coefficient (Wildman–Crippen LogP) is 4.90. The number of ether oxygens (including phenoxy) is 1. The first kappa shape index (κ1) is 15.8. The molecule has 0 unspecified atom stereocenters. The van der Waals surface area contributed by atoms with Crippen LogP contribution in [0.25, 0.3) is 0 Å². The van der Waals surface area contributed by atoms with Gasteiger partial charge in [-0.15, -0.1) is 0 Å². The molecule has 1 fully saturated rings. The summed E-state index contributed by atoms with van der Waals surface area (Å²) in [5.74, 6) is 1.91. The van der Waals surface area contributed by atoms with Gasteiger partial charge in [0.1, 0.15) is 5.75 Å². The minimum absolute atomic E-state index is 0.394. The second-order valence-corrected chi connectivity index (χ2v) is 7.20. The molecule has 0 aromatic heterocycles. The minimum Gasteiger partial charge on any atom is -0.490 e. The van der Waals surface area contributed by atoms with Gasteiger partial charge in [0.25, 0.3) is 0 Å². The van der Waals surface area contributed by atoms with Gasteiger partial charge >= 0.3 is 0 Å². The van der Waals surface area contributed by atoms with Gasteiger partial charge in [0.05, 0.1) is 6.10 Å². The van der Waals surface area contributed by atoms with Crippen LogP contribution in [0.2, 0.25) is 0 Å². The number of hydrogen-bond donors (Lipinski definition) is 1. The number of rotatable bonds is 5. The summed E-state index contributed by atoms with van der Waals surface area (Å²) < 4.78 is 7.37. The van der Waals surface area contributed by atoms with Crippen LogP contribution in [-0.4, -0.2) is 12.1 Å². The molecule has 2 nitrogen and oxygen atoms in total. The van der Waals surface area contributed by atoms with Crippen molar-refractivity contribution in [1.82, 2.24) is 5.32 Å². The molecule has 1 N–H and O–H groups in total. The molecule has 1 aromatic rings. The Balaban J connectivity index is 2.02. The van der Waals surface area contributed by atoms with Crippen molar-refractivity contribution in [1.29, 1.82) is 0 Å². The average molecular weight is 340 g/mol. The van der Waals surface area contributed by atoms with E-state index in [1.807, 2.05) is 0 Å². The second kappa shape index (κ2) is 7.46. The van der Waals surface area contributed by atoms with Gasteiger partial charge in [0.15, 0.2) is 0 Å². The van der Waals surface area contributed by atoms with E-state index in [0.29, 0.717) is 12.1 Å². The van der Waals surface area contributed by atoms with Crippen LogP contribution in [0.3, 0.4) is 0 Å². The second-order valence-electron chi connectivity index (χ2n) is 6.29. The van der Waals surface area contributed by atoms with E-state index in [4.69, 9.17) is 4.74 Å². The zero-order valence-corrected chi connectivity index (χ0v) is 14.4. The monoisotopic (exact) mass is 339 g/mol. The lowest BCUT2D eigenvalue weighted by Crippen LogP contribution is -2.25. The number of nitrogens with one attached hydrogen (secondary N) is 1. The molecular formula is C17H26BrNO. The standard InChI is InChI=1S/C17H26BrNO/c1-12(2)19-11-14-10-15(18)6-9-17(14)20-16-7-4-13(3)5-8-16/h6,9-10,12-13,16,19H,4-5,7-8,11H2,1-3H3. The number of benzene rings is 1. The maximum absolute atomic E-state index is 6.26. The lowest BCUT2D eigenvalue weighted by Gasteiger charge is -2.28. The van der Waals surface area contributed by atoms with Crippen molar-refractivity contribution < 1.29 is 4.74 Å². The first-order chi connectivity index (χ1) is 9.54. The van der Waals surface area contributed by atoms with Gasteiger partial charge in [-0.3, -0.25) is 0 Å². The first-order valence-electron chi connectivity index (χ1n) is 7.73. The van der Waals surface area contributed by atoms with Gasteiger partial charge in [0, 0.05) is 22.6 Å². The highest BCUT2D eigenvalue weighted by molar-refractivity contribution is 9.10. The fourth-order valence-electron chi connectivity index (χ4n) is 2.64. The molecule has 1 aliphatic carbocycles. The Labute approximate surface area is 131 Å². The van der Waals surface area contributed by atoms with Crippen LogP contribution < -0.4 is 10.1 Å². The van der Waals surface area contributed by atoms with E-state index in [2.05, 4.69) is 60.2 Å². The molecule has 0 atom stereocenters. The third-order valence-electron chi connectivity index (χ3n) is 3.98. The van der Waals surface area contributed by atoms with E-state index in [0.717, 1.165) is 22.7 Å². The highest BCUT2D eigenvalue weighted by Crippen LogP contribution is 2.30. The van der Waals surface area contributed by atoms with Gasteiger partial charge in [-0.2, -0.15) is 0 Å². The molecule has 3 heteroatoms. The molecule has 1 saturated carbocycles. The SMILES string of the molecule is CC1CCC(Oc2ccc(Br)cc2CNC(C)C)CC1. The van der Waals surface area contributed by atoms with E-state index in [1.54, 1.807) is 0 Å². The summed E-state index contributed by atoms with van der Waals surface area (Å²) in [4.78, 5) is 0. The fraction of sp³-hybridized carbons (Fsp3) is 0.647. The summed E-state index contributed by atoms with van der Waals surface area (Å²) in [5.41, 5.74) is 1.24. The van der Waals surface area contributed by atoms with Crippen LogP contribution >= 0.6 is 15.9 Å². The zero-order chi connectivity index (χ0) is 14.5. The van der Waals surface area contributed by atoms with Gasteiger partial charge in [-0.25, -0.2) is 0 Å². The quantitative estimate of drug-likeness (QED) is 0.823. The Bertz CT molecular complexity index is 425. The summed E-state index contributed by atoms with van der Waals surface area (Å²) in [5, 5.41) is 3.47. The lowest BCUT2D eigenvalue weighted by atomic mass is 9.89. The highest BCUT2D eigenvalue weighted by atomic mass is 79.9. The summed E-state index contributed by atoms with van der Waals surface area (Å²) in [6.07, 6.45) is 5.36. The molecule has 1 aromatic carbocycles. The van der Waals surface area contributed by atoms with Crippen molar-refractivity contribution in [3.8, 4) is 5.75 Å². The van der Waals surface area contributed by atoms with Crippen molar-refractivity contribution in [2.24, 2.45) is 5.92 Å². The number of halogens is 1. The summed E-state index contributed by atoms with van der Waals surface area (Å²) in [7, 11) is 0. The van der Waals surface area contributed by atoms with E-state index in [1.165, 1.54) is 31.2 Å². The van der Waals surface area contributed by atoms with Crippen molar-refractivity contribution in [2.45, 2.75) is 65.1 Å². The summed E-state index contributed by atoms with van der Waals surface area (Å²) in [6, 6.07) is 6.81. The van der Waals surface area contributed by atoms with Gasteiger partial charge in [-0.05, 0) is 49.8 Å². The Morgan fingerprint density at radius 3 is 2.60 bits per heavy atom. The summed E-state index contributed by atoms with van der Waals surface area (Å²) in [6.45, 7) is 7.53. The highest BCUT2D eigenvalue weighted by Gasteiger charge is 2.20. The molecule has 0 aliphatic heterocycles. The van der Waals surface area contributed by atoms with Crippen LogP contribution in [0.1, 0.15) is 52.0 Å². The lowest BCUT2D eigenvalue weighted by molar-refractivity contribution is 0.134. The van der Waals surface area contributed by atoms with Crippen LogP contribution in [-0.2, 0) is 6.54 Å². The topological polar surface area (TPSA) is 21.3 Å². The Morgan fingerprint density at radius 1 is 1.25 bits per heavy atom. The van der Waals surface area contributed by atoms with E-state index in [9.17, 15) is 0 Å². The van der Waals surface area contributed by atoms with E-state index < -0.39 is 0 Å². The molecule has 112 valence electrons. The zero-order valence-electron chi connectivity index (χ0n) is 12.8. The predicted molar refractivity (Wildman–Crippen MR) is 88.2 cm³/mol.